The molecule has 2 amide bonds. The van der Waals surface area contributed by atoms with Crippen molar-refractivity contribution in [3.05, 3.63) is 97.0 Å². The van der Waals surface area contributed by atoms with Gasteiger partial charge in [-0.3, -0.25) is 19.0 Å². The fourth-order valence-electron chi connectivity index (χ4n) is 6.15. The highest BCUT2D eigenvalue weighted by atomic mass is 35.5. The number of carbonyl (C=O) groups is 2. The number of rotatable bonds is 8. The zero-order valence-electron chi connectivity index (χ0n) is 25.4. The molecule has 46 heavy (non-hydrogen) atoms. The van der Waals surface area contributed by atoms with Crippen LogP contribution in [0.15, 0.2) is 58.3 Å². The maximum absolute atomic E-state index is 15.9. The molecule has 4 aromatic rings. The van der Waals surface area contributed by atoms with E-state index >= 15 is 4.39 Å². The summed E-state index contributed by atoms with van der Waals surface area (Å²) in [5, 5.41) is 9.25. The maximum Gasteiger partial charge on any atom is 0.330 e. The zero-order valence-corrected chi connectivity index (χ0v) is 26.2. The van der Waals surface area contributed by atoms with Crippen LogP contribution in [0.25, 0.3) is 22.4 Å². The van der Waals surface area contributed by atoms with Gasteiger partial charge in [0, 0.05) is 67.6 Å². The van der Waals surface area contributed by atoms with Crippen LogP contribution in [0.2, 0.25) is 5.02 Å². The molecule has 6 rings (SSSR count). The molecule has 1 aliphatic heterocycles. The Morgan fingerprint density at radius 2 is 1.83 bits per heavy atom. The maximum atomic E-state index is 15.9. The third-order valence-electron chi connectivity index (χ3n) is 8.55. The molecule has 238 valence electrons. The molecule has 3 N–H and O–H groups in total. The molecule has 2 atom stereocenters. The van der Waals surface area contributed by atoms with Crippen molar-refractivity contribution in [3.8, 4) is 28.3 Å². The molecule has 3 heterocycles. The Morgan fingerprint density at radius 1 is 1.09 bits per heavy atom. The van der Waals surface area contributed by atoms with E-state index in [1.807, 2.05) is 6.07 Å². The first-order valence-electron chi connectivity index (χ1n) is 14.8. The summed E-state index contributed by atoms with van der Waals surface area (Å²) in [5.41, 5.74) is 1.85. The van der Waals surface area contributed by atoms with E-state index in [4.69, 9.17) is 21.3 Å². The Morgan fingerprint density at radius 3 is 2.57 bits per heavy atom. The van der Waals surface area contributed by atoms with Crippen molar-refractivity contribution in [1.29, 1.82) is 0 Å². The van der Waals surface area contributed by atoms with Crippen LogP contribution in [-0.4, -0.2) is 45.6 Å². The average Bonchev–Trinajstić information content (AvgIpc) is 3.66. The largest absolute Gasteiger partial charge is 0.481 e. The Kier molecular flexibility index (Phi) is 8.49. The van der Waals surface area contributed by atoms with Crippen LogP contribution in [0.4, 0.5) is 10.1 Å². The van der Waals surface area contributed by atoms with Gasteiger partial charge < -0.3 is 25.3 Å². The summed E-state index contributed by atoms with van der Waals surface area (Å²) in [6, 6.07) is 11.8. The number of carbonyl (C=O) groups excluding carboxylic acids is 2. The van der Waals surface area contributed by atoms with Crippen molar-refractivity contribution in [2.45, 2.75) is 37.8 Å². The van der Waals surface area contributed by atoms with Crippen molar-refractivity contribution in [1.82, 2.24) is 24.8 Å². The third kappa shape index (κ3) is 5.69. The van der Waals surface area contributed by atoms with E-state index in [1.54, 1.807) is 37.4 Å². The molecule has 1 fully saturated rings. The number of anilines is 1. The molecule has 13 heteroatoms. The number of benzene rings is 2. The third-order valence-corrected chi connectivity index (χ3v) is 8.96. The van der Waals surface area contributed by atoms with E-state index in [-0.39, 0.29) is 39.8 Å². The van der Waals surface area contributed by atoms with Crippen LogP contribution < -0.4 is 31.9 Å². The fourth-order valence-corrected chi connectivity index (χ4v) is 6.47. The van der Waals surface area contributed by atoms with E-state index in [9.17, 15) is 19.2 Å². The van der Waals surface area contributed by atoms with Crippen LogP contribution in [0.5, 0.6) is 5.88 Å². The lowest BCUT2D eigenvalue weighted by atomic mass is 9.98. The van der Waals surface area contributed by atoms with Gasteiger partial charge in [0.15, 0.2) is 5.82 Å². The second-order valence-electron chi connectivity index (χ2n) is 11.5. The van der Waals surface area contributed by atoms with Crippen molar-refractivity contribution < 1.29 is 18.7 Å². The summed E-state index contributed by atoms with van der Waals surface area (Å²) in [6.07, 6.45) is 4.11. The predicted molar refractivity (Wildman–Crippen MR) is 172 cm³/mol. The minimum atomic E-state index is -0.859. The second kappa shape index (κ2) is 12.5. The second-order valence-corrected chi connectivity index (χ2v) is 11.9. The Balaban J connectivity index is 1.29. The van der Waals surface area contributed by atoms with Crippen LogP contribution in [0, 0.1) is 5.82 Å². The van der Waals surface area contributed by atoms with Gasteiger partial charge in [-0.15, -0.1) is 0 Å². The monoisotopic (exact) mass is 646 g/mol. The number of fused-ring (bicyclic) bond motifs is 1. The zero-order chi connectivity index (χ0) is 32.7. The van der Waals surface area contributed by atoms with E-state index < -0.39 is 23.0 Å². The summed E-state index contributed by atoms with van der Waals surface area (Å²) in [4.78, 5) is 53.9. The number of nitrogens with zero attached hydrogens (tertiary/aromatic N) is 3. The molecule has 11 nitrogen and oxygen atoms in total. The Hall–Kier alpha value is -4.81. The number of methoxy groups -OCH3 is 1. The number of aromatic nitrogens is 3. The van der Waals surface area contributed by atoms with E-state index in [1.165, 1.54) is 20.2 Å². The first-order valence-corrected chi connectivity index (χ1v) is 15.2. The summed E-state index contributed by atoms with van der Waals surface area (Å²) < 4.78 is 23.6. The molecule has 2 unspecified atom stereocenters. The van der Waals surface area contributed by atoms with Gasteiger partial charge in [-0.1, -0.05) is 41.9 Å². The first-order chi connectivity index (χ1) is 22.1. The van der Waals surface area contributed by atoms with Crippen molar-refractivity contribution >= 4 is 29.1 Å². The topological polar surface area (TPSA) is 136 Å². The highest BCUT2D eigenvalue weighted by Crippen LogP contribution is 2.43. The number of halogens is 2. The first kappa shape index (κ1) is 31.2. The van der Waals surface area contributed by atoms with Crippen molar-refractivity contribution in [3.63, 3.8) is 0 Å². The molecule has 0 radical (unpaired) electrons. The predicted octanol–water partition coefficient (Wildman–Crippen LogP) is 3.72. The molecule has 0 saturated carbocycles. The number of pyridine rings is 1. The highest BCUT2D eigenvalue weighted by Gasteiger charge is 2.30. The number of ether oxygens (including phenoxy) is 1. The number of nitrogens with one attached hydrogen (secondary N) is 3. The number of aryl methyl sites for hydroxylation is 2. The lowest BCUT2D eigenvalue weighted by Crippen LogP contribution is -2.40. The molecule has 2 aromatic carbocycles. The minimum absolute atomic E-state index is 0.0267. The van der Waals surface area contributed by atoms with Gasteiger partial charge in [0.1, 0.15) is 5.56 Å². The molecule has 2 aliphatic rings. The van der Waals surface area contributed by atoms with Crippen LogP contribution in [0.1, 0.15) is 46.8 Å². The summed E-state index contributed by atoms with van der Waals surface area (Å²) in [5.74, 6) is -1.06. The van der Waals surface area contributed by atoms with Gasteiger partial charge in [-0.2, -0.15) is 0 Å². The van der Waals surface area contributed by atoms with Gasteiger partial charge in [0.05, 0.1) is 23.5 Å². The molecule has 0 spiro atoms. The molecule has 2 aromatic heterocycles. The lowest BCUT2D eigenvalue weighted by molar-refractivity contribution is -0.119. The van der Waals surface area contributed by atoms with E-state index in [2.05, 4.69) is 16.0 Å². The van der Waals surface area contributed by atoms with Crippen LogP contribution in [0.3, 0.4) is 0 Å². The van der Waals surface area contributed by atoms with Crippen LogP contribution in [-0.2, 0) is 25.3 Å². The fraction of sp³-hybridized carbons (Fsp3) is 0.303. The Bertz CT molecular complexity index is 2010. The van der Waals surface area contributed by atoms with Crippen molar-refractivity contribution in [2.75, 3.05) is 19.0 Å². The minimum Gasteiger partial charge on any atom is -0.481 e. The highest BCUT2D eigenvalue weighted by molar-refractivity contribution is 6.36. The number of hydrogen-bond donors (Lipinski definition) is 3. The normalized spacial score (nSPS) is 17.1. The van der Waals surface area contributed by atoms with E-state index in [0.717, 1.165) is 45.7 Å². The summed E-state index contributed by atoms with van der Waals surface area (Å²) in [6.45, 7) is 0.654. The lowest BCUT2D eigenvalue weighted by Gasteiger charge is -2.20. The summed E-state index contributed by atoms with van der Waals surface area (Å²) in [7, 11) is 4.24. The van der Waals surface area contributed by atoms with Crippen LogP contribution >= 0.6 is 11.6 Å². The van der Waals surface area contributed by atoms with Gasteiger partial charge >= 0.3 is 5.69 Å². The molecule has 0 bridgehead atoms. The van der Waals surface area contributed by atoms with Gasteiger partial charge in [0.25, 0.3) is 11.5 Å². The Labute approximate surface area is 268 Å². The quantitative estimate of drug-likeness (QED) is 0.265. The standard InChI is InChI=1S/C33H32ClFN6O5/c1-40-16-22(32(44)41(2)33(40)45)30(43)38-24-9-5-7-20(29(24)35)19-6-4-8-21(28(19)34)25-14-17-10-12-23(27(17)31(39-25)46-3)36-15-18-11-13-26(42)37-18/h4-9,14,16,18,23,36H,10-13,15H2,1-3H3,(H,37,42)(H,38,43). The summed E-state index contributed by atoms with van der Waals surface area (Å²) >= 11 is 6.93. The smallest absolute Gasteiger partial charge is 0.330 e. The number of hydrogen-bond acceptors (Lipinski definition) is 7. The van der Waals surface area contributed by atoms with Gasteiger partial charge in [-0.05, 0) is 37.0 Å². The van der Waals surface area contributed by atoms with Gasteiger partial charge in [0.2, 0.25) is 11.8 Å². The van der Waals surface area contributed by atoms with Gasteiger partial charge in [-0.25, -0.2) is 14.2 Å². The van der Waals surface area contributed by atoms with Crippen molar-refractivity contribution in [2.24, 2.45) is 14.1 Å². The SMILES string of the molecule is COc1nc(-c2cccc(-c3cccc(NC(=O)c4cn(C)c(=O)n(C)c4=O)c3F)c2Cl)cc2c1C(NCC1CCC(=O)N1)CC2. The number of amides is 2. The average molecular weight is 647 g/mol. The molecular weight excluding hydrogens is 615 g/mol. The molecular formula is C33H32ClFN6O5. The van der Waals surface area contributed by atoms with E-state index in [0.29, 0.717) is 35.7 Å². The molecule has 1 aliphatic carbocycles. The molecule has 1 saturated heterocycles.